The second-order valence-electron chi connectivity index (χ2n) is 7.16. The van der Waals surface area contributed by atoms with Crippen LogP contribution in [0.1, 0.15) is 58.9 Å². The molecule has 1 atom stereocenters. The molecule has 7 nitrogen and oxygen atoms in total. The van der Waals surface area contributed by atoms with Crippen LogP contribution in [0.25, 0.3) is 0 Å². The highest BCUT2D eigenvalue weighted by Crippen LogP contribution is 2.31. The van der Waals surface area contributed by atoms with E-state index >= 15 is 0 Å². The summed E-state index contributed by atoms with van der Waals surface area (Å²) in [6.07, 6.45) is 6.30. The molecule has 2 heterocycles. The fourth-order valence-corrected chi connectivity index (χ4v) is 2.91. The molecule has 3 rings (SSSR count). The molecular formula is C20H19N3O4. The lowest BCUT2D eigenvalue weighted by Crippen LogP contribution is -2.34. The van der Waals surface area contributed by atoms with Gasteiger partial charge in [-0.05, 0) is 39.8 Å². The summed E-state index contributed by atoms with van der Waals surface area (Å²) >= 11 is 0. The van der Waals surface area contributed by atoms with E-state index in [0.29, 0.717) is 16.8 Å². The number of nitrogens with zero attached hydrogens (tertiary/aromatic N) is 3. The maximum absolute atomic E-state index is 12.7. The molecule has 0 spiro atoms. The Labute approximate surface area is 156 Å². The molecule has 0 radical (unpaired) electrons. The van der Waals surface area contributed by atoms with Crippen LogP contribution in [0, 0.1) is 19.3 Å². The molecular weight excluding hydrogens is 346 g/mol. The fourth-order valence-electron chi connectivity index (χ4n) is 2.91. The van der Waals surface area contributed by atoms with Crippen LogP contribution in [0.2, 0.25) is 0 Å². The summed E-state index contributed by atoms with van der Waals surface area (Å²) in [5.74, 6) is 1.49. The van der Waals surface area contributed by atoms with E-state index in [9.17, 15) is 14.4 Å². The zero-order valence-electron chi connectivity index (χ0n) is 15.5. The number of terminal acetylenes is 1. The second kappa shape index (κ2) is 6.40. The average molecular weight is 365 g/mol. The van der Waals surface area contributed by atoms with E-state index in [1.165, 1.54) is 10.9 Å². The topological polar surface area (TPSA) is 81.5 Å². The van der Waals surface area contributed by atoms with Gasteiger partial charge < -0.3 is 4.74 Å². The van der Waals surface area contributed by atoms with Gasteiger partial charge in [0.1, 0.15) is 18.0 Å². The van der Waals surface area contributed by atoms with Crippen LogP contribution in [-0.4, -0.2) is 38.0 Å². The van der Waals surface area contributed by atoms with Crippen LogP contribution < -0.4 is 0 Å². The van der Waals surface area contributed by atoms with E-state index in [1.807, 2.05) is 0 Å². The molecule has 1 aromatic carbocycles. The Morgan fingerprint density at radius 3 is 2.22 bits per heavy atom. The third-order valence-electron chi connectivity index (χ3n) is 4.14. The molecule has 2 aromatic rings. The number of benzene rings is 1. The minimum atomic E-state index is -1.03. The van der Waals surface area contributed by atoms with Crippen molar-refractivity contribution in [2.75, 3.05) is 0 Å². The van der Waals surface area contributed by atoms with Crippen molar-refractivity contribution in [3.8, 4) is 12.3 Å². The van der Waals surface area contributed by atoms with Crippen molar-refractivity contribution in [3.63, 3.8) is 0 Å². The second-order valence-corrected chi connectivity index (χ2v) is 7.16. The van der Waals surface area contributed by atoms with Gasteiger partial charge in [-0.15, -0.1) is 6.42 Å². The van der Waals surface area contributed by atoms with Crippen LogP contribution in [0.3, 0.4) is 0 Å². The Kier molecular flexibility index (Phi) is 4.36. The number of ether oxygens (including phenoxy) is 1. The van der Waals surface area contributed by atoms with Gasteiger partial charge in [0.05, 0.1) is 22.5 Å². The number of imidazole rings is 1. The Balaban J connectivity index is 1.97. The van der Waals surface area contributed by atoms with Gasteiger partial charge in [-0.1, -0.05) is 18.1 Å². The minimum Gasteiger partial charge on any atom is -0.443 e. The molecule has 0 fully saturated rings. The van der Waals surface area contributed by atoms with Gasteiger partial charge >= 0.3 is 6.09 Å². The number of imide groups is 1. The quantitative estimate of drug-likeness (QED) is 0.604. The summed E-state index contributed by atoms with van der Waals surface area (Å²) in [5, 5.41) is 0. The van der Waals surface area contributed by atoms with E-state index in [-0.39, 0.29) is 5.69 Å². The standard InChI is InChI=1S/C20H19N3O4/c1-6-15(23-17(24)13-9-7-8-10-14(13)18(23)25)16-12(2)22(11-21-16)19(26)27-20(3,4)5/h1,7-11,15H,2-5H3. The lowest BCUT2D eigenvalue weighted by atomic mass is 10.1. The van der Waals surface area contributed by atoms with Gasteiger partial charge in [0, 0.05) is 0 Å². The van der Waals surface area contributed by atoms with E-state index in [4.69, 9.17) is 11.2 Å². The number of carbonyl (C=O) groups excluding carboxylic acids is 3. The fraction of sp³-hybridized carbons (Fsp3) is 0.300. The largest absolute Gasteiger partial charge is 0.443 e. The SMILES string of the molecule is C#CC(c1ncn(C(=O)OC(C)(C)C)c1C)N1C(=O)c2ccccc2C1=O. The number of aromatic nitrogens is 2. The summed E-state index contributed by atoms with van der Waals surface area (Å²) in [6.45, 7) is 6.89. The number of hydrogen-bond acceptors (Lipinski definition) is 5. The summed E-state index contributed by atoms with van der Waals surface area (Å²) in [4.78, 5) is 42.9. The number of carbonyl (C=O) groups is 3. The third kappa shape index (κ3) is 3.10. The number of rotatable bonds is 2. The van der Waals surface area contributed by atoms with Crippen molar-refractivity contribution in [1.82, 2.24) is 14.5 Å². The molecule has 0 N–H and O–H groups in total. The first-order chi connectivity index (χ1) is 12.7. The molecule has 2 amide bonds. The third-order valence-corrected chi connectivity index (χ3v) is 4.14. The maximum atomic E-state index is 12.7. The average Bonchev–Trinajstić information content (AvgIpc) is 3.09. The van der Waals surface area contributed by atoms with Gasteiger partial charge in [-0.3, -0.25) is 14.5 Å². The summed E-state index contributed by atoms with van der Waals surface area (Å²) in [6, 6.07) is 5.49. The van der Waals surface area contributed by atoms with Gasteiger partial charge in [0.15, 0.2) is 0 Å². The molecule has 0 aliphatic carbocycles. The molecule has 0 bridgehead atoms. The van der Waals surface area contributed by atoms with Crippen LogP contribution >= 0.6 is 0 Å². The van der Waals surface area contributed by atoms with Crippen LogP contribution in [0.5, 0.6) is 0 Å². The Hall–Kier alpha value is -3.40. The van der Waals surface area contributed by atoms with Crippen molar-refractivity contribution < 1.29 is 19.1 Å². The molecule has 1 unspecified atom stereocenters. The summed E-state index contributed by atoms with van der Waals surface area (Å²) < 4.78 is 6.55. The van der Waals surface area contributed by atoms with E-state index in [1.54, 1.807) is 52.0 Å². The molecule has 27 heavy (non-hydrogen) atoms. The first kappa shape index (κ1) is 18.4. The normalized spacial score (nSPS) is 14.7. The van der Waals surface area contributed by atoms with Gasteiger partial charge in [0.2, 0.25) is 0 Å². The van der Waals surface area contributed by atoms with E-state index in [2.05, 4.69) is 10.9 Å². The Morgan fingerprint density at radius 1 is 1.19 bits per heavy atom. The van der Waals surface area contributed by atoms with Crippen molar-refractivity contribution >= 4 is 17.9 Å². The van der Waals surface area contributed by atoms with Crippen molar-refractivity contribution in [1.29, 1.82) is 0 Å². The van der Waals surface area contributed by atoms with Crippen LogP contribution in [0.4, 0.5) is 4.79 Å². The lowest BCUT2D eigenvalue weighted by molar-refractivity contribution is 0.0533. The highest BCUT2D eigenvalue weighted by atomic mass is 16.6. The highest BCUT2D eigenvalue weighted by molar-refractivity contribution is 6.21. The predicted octanol–water partition coefficient (Wildman–Crippen LogP) is 2.95. The maximum Gasteiger partial charge on any atom is 0.420 e. The number of amides is 2. The first-order valence-electron chi connectivity index (χ1n) is 8.36. The van der Waals surface area contributed by atoms with Crippen molar-refractivity contribution in [3.05, 3.63) is 53.1 Å². The summed E-state index contributed by atoms with van der Waals surface area (Å²) in [5.41, 5.74) is 0.600. The van der Waals surface area contributed by atoms with E-state index < -0.39 is 29.6 Å². The Bertz CT molecular complexity index is 956. The zero-order chi connectivity index (χ0) is 19.9. The summed E-state index contributed by atoms with van der Waals surface area (Å²) in [7, 11) is 0. The van der Waals surface area contributed by atoms with Crippen LogP contribution in [0.15, 0.2) is 30.6 Å². The number of fused-ring (bicyclic) bond motifs is 1. The molecule has 138 valence electrons. The monoisotopic (exact) mass is 365 g/mol. The lowest BCUT2D eigenvalue weighted by Gasteiger charge is -2.22. The minimum absolute atomic E-state index is 0.276. The highest BCUT2D eigenvalue weighted by Gasteiger charge is 2.41. The van der Waals surface area contributed by atoms with Crippen molar-refractivity contribution in [2.45, 2.75) is 39.3 Å². The molecule has 0 saturated carbocycles. The Morgan fingerprint density at radius 2 is 1.74 bits per heavy atom. The van der Waals surface area contributed by atoms with Gasteiger partial charge in [-0.2, -0.15) is 0 Å². The molecule has 7 heteroatoms. The molecule has 1 aromatic heterocycles. The molecule has 0 saturated heterocycles. The number of hydrogen-bond donors (Lipinski definition) is 0. The van der Waals surface area contributed by atoms with Gasteiger partial charge in [0.25, 0.3) is 11.8 Å². The smallest absolute Gasteiger partial charge is 0.420 e. The predicted molar refractivity (Wildman–Crippen MR) is 97.1 cm³/mol. The van der Waals surface area contributed by atoms with E-state index in [0.717, 1.165) is 4.90 Å². The van der Waals surface area contributed by atoms with Crippen LogP contribution in [-0.2, 0) is 4.74 Å². The molecule has 1 aliphatic rings. The first-order valence-corrected chi connectivity index (χ1v) is 8.36. The van der Waals surface area contributed by atoms with Gasteiger partial charge in [-0.25, -0.2) is 14.3 Å². The zero-order valence-corrected chi connectivity index (χ0v) is 15.5. The molecule has 1 aliphatic heterocycles. The van der Waals surface area contributed by atoms with Crippen molar-refractivity contribution in [2.24, 2.45) is 0 Å².